The molecule has 0 radical (unpaired) electrons. The van der Waals surface area contributed by atoms with E-state index in [-0.39, 0.29) is 0 Å². The first kappa shape index (κ1) is 48.3. The summed E-state index contributed by atoms with van der Waals surface area (Å²) in [7, 11) is -36.3. The fourth-order valence-electron chi connectivity index (χ4n) is 3.85. The largest absolute Gasteiger partial charge is 0.470 e. The van der Waals surface area contributed by atoms with Gasteiger partial charge in [0.25, 0.3) is 0 Å². The molecule has 53 heavy (non-hydrogen) atoms. The van der Waals surface area contributed by atoms with Crippen LogP contribution in [0.1, 0.15) is 0 Å². The lowest BCUT2D eigenvalue weighted by Crippen LogP contribution is -2.63. The van der Waals surface area contributed by atoms with Crippen LogP contribution in [0.15, 0.2) is 46.6 Å². The van der Waals surface area contributed by atoms with E-state index in [1.165, 1.54) is 0 Å². The van der Waals surface area contributed by atoms with Crippen LogP contribution in [0, 0.1) is 0 Å². The van der Waals surface area contributed by atoms with Crippen molar-refractivity contribution < 1.29 is 76.8 Å². The Morgan fingerprint density at radius 2 is 0.377 bits per heavy atom. The van der Waals surface area contributed by atoms with Crippen molar-refractivity contribution in [1.29, 1.82) is 0 Å². The first-order chi connectivity index (χ1) is 24.6. The Bertz CT molecular complexity index is 1740. The van der Waals surface area contributed by atoms with Gasteiger partial charge < -0.3 is 28.8 Å². The Balaban J connectivity index is 7.31. The topological polar surface area (TPSA) is 359 Å². The fraction of sp³-hybridized carbons (Fsp3) is 0.444. The molecule has 0 aromatic heterocycles. The highest BCUT2D eigenvalue weighted by Gasteiger charge is 2.60. The van der Waals surface area contributed by atoms with Crippen LogP contribution < -0.4 is 0 Å². The minimum atomic E-state index is -4.76. The number of nitrogens with zero attached hydrogens (tertiary/aromatic N) is 10. The van der Waals surface area contributed by atoms with Gasteiger partial charge in [-0.2, -0.15) is 46.6 Å². The number of hydrogen-bond donors (Lipinski definition) is 0. The first-order valence-corrected chi connectivity index (χ1v) is 31.6. The van der Waals surface area contributed by atoms with Crippen molar-refractivity contribution in [2.45, 2.75) is 52.4 Å². The van der Waals surface area contributed by atoms with Gasteiger partial charge >= 0.3 is 69.6 Å². The molecule has 280 valence electrons. The number of isocyanates is 10. The predicted molar refractivity (Wildman–Crippen MR) is 182 cm³/mol. The molecule has 0 saturated carbocycles. The zero-order valence-corrected chi connectivity index (χ0v) is 36.4. The van der Waals surface area contributed by atoms with Crippen LogP contribution in [0.3, 0.4) is 0 Å². The Hall–Kier alpha value is -4.74. The van der Waals surface area contributed by atoms with Gasteiger partial charge in [-0.15, -0.1) is 0 Å². The van der Waals surface area contributed by atoms with Gasteiger partial charge in [-0.3, -0.25) is 0 Å². The maximum Gasteiger partial charge on any atom is 0.470 e. The van der Waals surface area contributed by atoms with Gasteiger partial charge in [0.15, 0.2) is 0 Å². The Morgan fingerprint density at radius 3 is 0.509 bits per heavy atom. The molecule has 0 rings (SSSR count). The SMILES string of the molecule is C[Si](N=C=O)(N=C=O)O[Si](C)(N=C=O)O[Si](C)(N=C=O)O[Si](C)(N=C=O)O[Si](C)(N=C=O)O[Si](C)(N=C=O)O[Si](C)(N=C=O)O[Si](C)(N=C=O)N=C=O. The molecule has 0 aliphatic heterocycles. The average molecular weight is 877 g/mol. The minimum Gasteiger partial charge on any atom is -0.383 e. The van der Waals surface area contributed by atoms with Crippen LogP contribution in [0.4, 0.5) is 0 Å². The number of hydrogen-bond acceptors (Lipinski definition) is 27. The van der Waals surface area contributed by atoms with Crippen LogP contribution in [-0.2, 0) is 76.8 Å². The highest BCUT2D eigenvalue weighted by Crippen LogP contribution is 2.31. The lowest BCUT2D eigenvalue weighted by Gasteiger charge is -2.38. The smallest absolute Gasteiger partial charge is 0.383 e. The van der Waals surface area contributed by atoms with Crippen LogP contribution in [-0.4, -0.2) is 130 Å². The third-order valence-corrected chi connectivity index (χ3v) is 31.4. The summed E-state index contributed by atoms with van der Waals surface area (Å²) < 4.78 is 74.5. The van der Waals surface area contributed by atoms with E-state index in [1.807, 2.05) is 0 Å². The molecule has 6 atom stereocenters. The summed E-state index contributed by atoms with van der Waals surface area (Å²) in [5.74, 6) is 0. The van der Waals surface area contributed by atoms with E-state index < -0.39 is 69.6 Å². The van der Waals surface area contributed by atoms with Crippen LogP contribution >= 0.6 is 0 Å². The molecule has 0 amide bonds. The summed E-state index contributed by atoms with van der Waals surface area (Å²) in [6.45, 7) is 8.20. The molecule has 0 aromatic carbocycles. The zero-order valence-electron chi connectivity index (χ0n) is 28.4. The molecular weight excluding hydrogens is 853 g/mol. The van der Waals surface area contributed by atoms with E-state index >= 15 is 0 Å². The molecule has 0 spiro atoms. The second kappa shape index (κ2) is 20.5. The van der Waals surface area contributed by atoms with Gasteiger partial charge in [-0.05, 0) is 13.1 Å². The van der Waals surface area contributed by atoms with Gasteiger partial charge in [0.2, 0.25) is 60.8 Å². The maximum atomic E-state index is 11.6. The summed E-state index contributed by atoms with van der Waals surface area (Å²) in [6.07, 6.45) is 11.5. The summed E-state index contributed by atoms with van der Waals surface area (Å²) >= 11 is 0. The Labute approximate surface area is 305 Å². The Kier molecular flexibility index (Phi) is 18.6. The van der Waals surface area contributed by atoms with Gasteiger partial charge in [0, 0.05) is 39.3 Å². The van der Waals surface area contributed by atoms with Gasteiger partial charge in [0.05, 0.1) is 0 Å². The standard InChI is InChI=1S/C18H24N10O17Si8/c1-46(19-9-29,20-10-30)39-48(3,23-13-33)41-50(5,25-15-35)43-52(7,27-17-37)45-53(8,28-18-38)44-51(6,26-16-36)42-49(4,24-14-34)40-47(2,21-11-31)22-12-32/h1-8H3. The van der Waals surface area contributed by atoms with Crippen molar-refractivity contribution in [3.63, 3.8) is 0 Å². The summed E-state index contributed by atoms with van der Waals surface area (Å²) in [5.41, 5.74) is 0. The highest BCUT2D eigenvalue weighted by atomic mass is 28.5. The van der Waals surface area contributed by atoms with E-state index in [9.17, 15) is 47.9 Å². The Morgan fingerprint density at radius 1 is 0.245 bits per heavy atom. The fourth-order valence-corrected chi connectivity index (χ4v) is 31.6. The molecular formula is C18H24N10O17Si8. The van der Waals surface area contributed by atoms with E-state index in [0.717, 1.165) is 113 Å². The predicted octanol–water partition coefficient (Wildman–Crippen LogP) is -0.990. The van der Waals surface area contributed by atoms with Gasteiger partial charge in [0.1, 0.15) is 0 Å². The molecule has 0 saturated heterocycles. The lowest BCUT2D eigenvalue weighted by molar-refractivity contribution is 0.253. The third kappa shape index (κ3) is 16.2. The number of carbonyl (C=O) groups excluding carboxylic acids is 10. The summed E-state index contributed by atoms with van der Waals surface area (Å²) in [5, 5.41) is 0. The molecule has 0 bridgehead atoms. The van der Waals surface area contributed by atoms with Crippen LogP contribution in [0.25, 0.3) is 0 Å². The van der Waals surface area contributed by atoms with Crippen LogP contribution in [0.2, 0.25) is 52.4 Å². The van der Waals surface area contributed by atoms with Crippen LogP contribution in [0.5, 0.6) is 0 Å². The van der Waals surface area contributed by atoms with Gasteiger partial charge in [-0.1, -0.05) is 0 Å². The van der Waals surface area contributed by atoms with Crippen molar-refractivity contribution in [1.82, 2.24) is 0 Å². The third-order valence-electron chi connectivity index (χ3n) is 5.16. The normalized spacial score (nSPS) is 19.2. The molecule has 0 aromatic rings. The molecule has 0 aliphatic carbocycles. The molecule has 0 N–H and O–H groups in total. The monoisotopic (exact) mass is 876 g/mol. The first-order valence-electron chi connectivity index (χ1n) is 13.4. The molecule has 0 heterocycles. The van der Waals surface area contributed by atoms with Crippen molar-refractivity contribution in [3.05, 3.63) is 0 Å². The molecule has 35 heteroatoms. The molecule has 6 unspecified atom stereocenters. The summed E-state index contributed by atoms with van der Waals surface area (Å²) in [6, 6.07) is 0. The van der Waals surface area contributed by atoms with E-state index in [0.29, 0.717) is 0 Å². The summed E-state index contributed by atoms with van der Waals surface area (Å²) in [4.78, 5) is 113. The quantitative estimate of drug-likeness (QED) is 0.0638. The second-order valence-electron chi connectivity index (χ2n) is 10.00. The highest BCUT2D eigenvalue weighted by molar-refractivity contribution is 6.92. The van der Waals surface area contributed by atoms with Gasteiger partial charge in [-0.25, -0.2) is 47.9 Å². The average Bonchev–Trinajstić information content (AvgIpc) is 2.96. The number of rotatable bonds is 24. The van der Waals surface area contributed by atoms with Crippen molar-refractivity contribution in [3.8, 4) is 0 Å². The molecule has 27 nitrogen and oxygen atoms in total. The lowest BCUT2D eigenvalue weighted by atomic mass is 11.7. The van der Waals surface area contributed by atoms with Crippen molar-refractivity contribution >= 4 is 130 Å². The van der Waals surface area contributed by atoms with E-state index in [1.54, 1.807) is 0 Å². The van der Waals surface area contributed by atoms with E-state index in [4.69, 9.17) is 28.8 Å². The maximum absolute atomic E-state index is 11.6. The zero-order chi connectivity index (χ0) is 41.1. The molecule has 0 aliphatic rings. The second-order valence-corrected chi connectivity index (χ2v) is 32.5. The van der Waals surface area contributed by atoms with E-state index in [2.05, 4.69) is 46.6 Å². The molecule has 0 fully saturated rings. The van der Waals surface area contributed by atoms with Crippen molar-refractivity contribution in [2.24, 2.45) is 46.6 Å². The minimum absolute atomic E-state index is 0.990. The van der Waals surface area contributed by atoms with Crippen molar-refractivity contribution in [2.75, 3.05) is 0 Å².